The Morgan fingerprint density at radius 1 is 0.880 bits per heavy atom. The number of nitrogens with one attached hydrogen (secondary N) is 1. The molecule has 0 spiro atoms. The van der Waals surface area contributed by atoms with Gasteiger partial charge in [0.25, 0.3) is 5.91 Å². The third kappa shape index (κ3) is 4.80. The van der Waals surface area contributed by atoms with E-state index in [2.05, 4.69) is 5.32 Å². The molecule has 2 aromatic carbocycles. The van der Waals surface area contributed by atoms with Crippen LogP contribution in [0.2, 0.25) is 0 Å². The van der Waals surface area contributed by atoms with Crippen LogP contribution >= 0.6 is 0 Å². The van der Waals surface area contributed by atoms with Gasteiger partial charge in [-0.3, -0.25) is 10.1 Å². The highest BCUT2D eigenvalue weighted by atomic mass is 16.2. The molecule has 2 aromatic rings. The quantitative estimate of drug-likeness (QED) is 0.810. The van der Waals surface area contributed by atoms with Crippen molar-refractivity contribution in [1.29, 1.82) is 0 Å². The number of hydrogen-bond acceptors (Lipinski definition) is 2. The first kappa shape index (κ1) is 18.5. The van der Waals surface area contributed by atoms with Gasteiger partial charge in [-0.1, -0.05) is 66.7 Å². The monoisotopic (exact) mass is 336 g/mol. The summed E-state index contributed by atoms with van der Waals surface area (Å²) in [6.45, 7) is 5.67. The van der Waals surface area contributed by atoms with Gasteiger partial charge < -0.3 is 4.90 Å². The second-order valence-electron chi connectivity index (χ2n) is 5.87. The third-order valence-electron chi connectivity index (χ3n) is 4.18. The smallest absolute Gasteiger partial charge is 0.311 e. The molecule has 0 saturated heterocycles. The molecule has 3 amide bonds. The summed E-state index contributed by atoms with van der Waals surface area (Å²) in [5, 5.41) is 2.44. The number of benzene rings is 2. The number of carbonyl (C=O) groups is 2. The summed E-state index contributed by atoms with van der Waals surface area (Å²) >= 11 is 0. The van der Waals surface area contributed by atoms with E-state index < -0.39 is 11.9 Å². The molecule has 0 radical (unpaired) electrons. The first-order chi connectivity index (χ1) is 12.0. The van der Waals surface area contributed by atoms with Crippen LogP contribution in [0.15, 0.2) is 72.8 Å². The molecule has 0 aliphatic carbocycles. The van der Waals surface area contributed by atoms with Crippen molar-refractivity contribution >= 4 is 11.9 Å². The summed E-state index contributed by atoms with van der Waals surface area (Å²) in [7, 11) is 0. The summed E-state index contributed by atoms with van der Waals surface area (Å²) in [5.74, 6) is -0.418. The van der Waals surface area contributed by atoms with Gasteiger partial charge in [0.15, 0.2) is 0 Å². The largest absolute Gasteiger partial charge is 0.325 e. The lowest BCUT2D eigenvalue weighted by atomic mass is 10.0. The molecule has 0 unspecified atom stereocenters. The van der Waals surface area contributed by atoms with Crippen molar-refractivity contribution in [2.45, 2.75) is 32.9 Å². The molecule has 0 aliphatic heterocycles. The van der Waals surface area contributed by atoms with Crippen LogP contribution in [0.25, 0.3) is 0 Å². The van der Waals surface area contributed by atoms with Gasteiger partial charge in [0.2, 0.25) is 0 Å². The van der Waals surface area contributed by atoms with E-state index in [1.54, 1.807) is 17.9 Å². The first-order valence-corrected chi connectivity index (χ1v) is 8.40. The standard InChI is InChI=1S/C21H24N2O2/c1-4-11-20(24)22-21(25)23(16(2)18-12-7-5-8-13-18)17(3)19-14-9-6-10-15-19/h4-17H,1-3H3,(H,22,24,25)/b11-4+/t16-,17-/m0/s1. The second kappa shape index (κ2) is 8.83. The van der Waals surface area contributed by atoms with Gasteiger partial charge in [-0.25, -0.2) is 4.79 Å². The Labute approximate surface area is 149 Å². The molecule has 0 bridgehead atoms. The Bertz CT molecular complexity index is 681. The highest BCUT2D eigenvalue weighted by molar-refractivity contribution is 6.00. The molecule has 4 heteroatoms. The van der Waals surface area contributed by atoms with Crippen molar-refractivity contribution in [3.8, 4) is 0 Å². The molecule has 1 N–H and O–H groups in total. The first-order valence-electron chi connectivity index (χ1n) is 8.40. The molecule has 2 rings (SSSR count). The summed E-state index contributed by atoms with van der Waals surface area (Å²) in [5.41, 5.74) is 2.03. The lowest BCUT2D eigenvalue weighted by Crippen LogP contribution is -2.44. The molecule has 0 saturated carbocycles. The van der Waals surface area contributed by atoms with Gasteiger partial charge in [-0.15, -0.1) is 0 Å². The van der Waals surface area contributed by atoms with E-state index >= 15 is 0 Å². The fraction of sp³-hybridized carbons (Fsp3) is 0.238. The molecular formula is C21H24N2O2. The average Bonchev–Trinajstić information content (AvgIpc) is 2.63. The lowest BCUT2D eigenvalue weighted by molar-refractivity contribution is -0.115. The maximum absolute atomic E-state index is 12.8. The Hall–Kier alpha value is -2.88. The van der Waals surface area contributed by atoms with Crippen LogP contribution in [-0.4, -0.2) is 16.8 Å². The highest BCUT2D eigenvalue weighted by Gasteiger charge is 2.28. The maximum Gasteiger partial charge on any atom is 0.325 e. The van der Waals surface area contributed by atoms with Gasteiger partial charge in [0.05, 0.1) is 12.1 Å². The van der Waals surface area contributed by atoms with Crippen LogP contribution < -0.4 is 5.32 Å². The van der Waals surface area contributed by atoms with Crippen LogP contribution in [0.5, 0.6) is 0 Å². The van der Waals surface area contributed by atoms with Crippen molar-refractivity contribution in [3.63, 3.8) is 0 Å². The SMILES string of the molecule is C/C=C/C(=O)NC(=O)N([C@@H](C)c1ccccc1)[C@@H](C)c1ccccc1. The van der Waals surface area contributed by atoms with E-state index in [1.165, 1.54) is 6.08 Å². The number of nitrogens with zero attached hydrogens (tertiary/aromatic N) is 1. The zero-order valence-electron chi connectivity index (χ0n) is 14.8. The number of allylic oxidation sites excluding steroid dienone is 1. The predicted octanol–water partition coefficient (Wildman–Crippen LogP) is 4.62. The van der Waals surface area contributed by atoms with Gasteiger partial charge in [0, 0.05) is 0 Å². The summed E-state index contributed by atoms with van der Waals surface area (Å²) in [6.07, 6.45) is 2.95. The highest BCUT2D eigenvalue weighted by Crippen LogP contribution is 2.30. The number of rotatable bonds is 5. The minimum Gasteiger partial charge on any atom is -0.311 e. The Kier molecular flexibility index (Phi) is 6.52. The molecule has 25 heavy (non-hydrogen) atoms. The van der Waals surface area contributed by atoms with E-state index in [-0.39, 0.29) is 12.1 Å². The minimum atomic E-state index is -0.418. The van der Waals surface area contributed by atoms with Gasteiger partial charge in [0.1, 0.15) is 0 Å². The van der Waals surface area contributed by atoms with Crippen molar-refractivity contribution in [2.75, 3.05) is 0 Å². The van der Waals surface area contributed by atoms with Gasteiger partial charge in [-0.2, -0.15) is 0 Å². The van der Waals surface area contributed by atoms with Crippen molar-refractivity contribution < 1.29 is 9.59 Å². The van der Waals surface area contributed by atoms with E-state index in [0.717, 1.165) is 11.1 Å². The molecule has 2 atom stereocenters. The number of imide groups is 1. The van der Waals surface area contributed by atoms with E-state index in [0.29, 0.717) is 0 Å². The Balaban J connectivity index is 2.33. The summed E-state index contributed by atoms with van der Waals surface area (Å²) in [6, 6.07) is 18.8. The zero-order chi connectivity index (χ0) is 18.2. The number of carbonyl (C=O) groups excluding carboxylic acids is 2. The van der Waals surface area contributed by atoms with Crippen molar-refractivity contribution in [1.82, 2.24) is 10.2 Å². The molecule has 0 fully saturated rings. The molecule has 0 aliphatic rings. The van der Waals surface area contributed by atoms with Crippen LogP contribution in [0, 0.1) is 0 Å². The van der Waals surface area contributed by atoms with Crippen LogP contribution in [0.4, 0.5) is 4.79 Å². The third-order valence-corrected chi connectivity index (χ3v) is 4.18. The van der Waals surface area contributed by atoms with Crippen LogP contribution in [-0.2, 0) is 4.79 Å². The van der Waals surface area contributed by atoms with Crippen LogP contribution in [0.3, 0.4) is 0 Å². The molecule has 4 nitrogen and oxygen atoms in total. The molecule has 130 valence electrons. The maximum atomic E-state index is 12.8. The average molecular weight is 336 g/mol. The van der Waals surface area contributed by atoms with Gasteiger partial charge >= 0.3 is 6.03 Å². The Morgan fingerprint density at radius 2 is 1.32 bits per heavy atom. The number of hydrogen-bond donors (Lipinski definition) is 1. The van der Waals surface area contributed by atoms with Crippen molar-refractivity contribution in [3.05, 3.63) is 83.9 Å². The Morgan fingerprint density at radius 3 is 1.72 bits per heavy atom. The van der Waals surface area contributed by atoms with E-state index in [4.69, 9.17) is 0 Å². The van der Waals surface area contributed by atoms with Gasteiger partial charge in [-0.05, 0) is 38.0 Å². The topological polar surface area (TPSA) is 49.4 Å². The lowest BCUT2D eigenvalue weighted by Gasteiger charge is -2.35. The summed E-state index contributed by atoms with van der Waals surface area (Å²) in [4.78, 5) is 26.3. The normalized spacial score (nSPS) is 13.2. The number of urea groups is 1. The zero-order valence-corrected chi connectivity index (χ0v) is 14.8. The summed E-state index contributed by atoms with van der Waals surface area (Å²) < 4.78 is 0. The molecular weight excluding hydrogens is 312 g/mol. The molecule has 0 heterocycles. The van der Waals surface area contributed by atoms with E-state index in [9.17, 15) is 9.59 Å². The van der Waals surface area contributed by atoms with E-state index in [1.807, 2.05) is 74.5 Å². The minimum absolute atomic E-state index is 0.185. The predicted molar refractivity (Wildman–Crippen MR) is 99.9 cm³/mol. The molecule has 0 aromatic heterocycles. The second-order valence-corrected chi connectivity index (χ2v) is 5.87. The fourth-order valence-corrected chi connectivity index (χ4v) is 2.83. The van der Waals surface area contributed by atoms with Crippen LogP contribution in [0.1, 0.15) is 44.0 Å². The fourth-order valence-electron chi connectivity index (χ4n) is 2.83. The van der Waals surface area contributed by atoms with Crippen molar-refractivity contribution in [2.24, 2.45) is 0 Å². The number of amides is 3.